The zero-order chi connectivity index (χ0) is 26.1. The van der Waals surface area contributed by atoms with Crippen molar-refractivity contribution in [3.05, 3.63) is 71.7 Å². The molecule has 0 bridgehead atoms. The van der Waals surface area contributed by atoms with Crippen LogP contribution in [-0.4, -0.2) is 64.9 Å². The molecule has 3 rings (SSSR count). The van der Waals surface area contributed by atoms with Crippen molar-refractivity contribution >= 4 is 0 Å². The smallest absolute Gasteiger partial charge is 0.227 e. The number of hydrogen-bond donors (Lipinski definition) is 1. The second-order valence-electron chi connectivity index (χ2n) is 9.67. The third-order valence-electron chi connectivity index (χ3n) is 5.57. The van der Waals surface area contributed by atoms with Gasteiger partial charge in [0.25, 0.3) is 0 Å². The van der Waals surface area contributed by atoms with Gasteiger partial charge in [-0.05, 0) is 51.5 Å². The highest BCUT2D eigenvalue weighted by atomic mass is 19.1. The Balaban J connectivity index is 1.97. The van der Waals surface area contributed by atoms with E-state index in [2.05, 4.69) is 4.90 Å². The molecule has 0 aliphatic heterocycles. The van der Waals surface area contributed by atoms with Gasteiger partial charge in [-0.25, -0.2) is 9.07 Å². The van der Waals surface area contributed by atoms with E-state index in [4.69, 9.17) is 19.3 Å². The van der Waals surface area contributed by atoms with Gasteiger partial charge in [0, 0.05) is 26.7 Å². The number of aryl methyl sites for hydroxylation is 1. The van der Waals surface area contributed by atoms with Crippen molar-refractivity contribution < 1.29 is 23.7 Å². The summed E-state index contributed by atoms with van der Waals surface area (Å²) in [5.41, 5.74) is 2.15. The lowest BCUT2D eigenvalue weighted by molar-refractivity contribution is -0.0577. The lowest BCUT2D eigenvalue weighted by Gasteiger charge is -2.27. The highest BCUT2D eigenvalue weighted by Crippen LogP contribution is 2.33. The van der Waals surface area contributed by atoms with Crippen molar-refractivity contribution in [3.63, 3.8) is 0 Å². The van der Waals surface area contributed by atoms with Gasteiger partial charge in [0.15, 0.2) is 11.6 Å². The molecule has 0 unspecified atom stereocenters. The summed E-state index contributed by atoms with van der Waals surface area (Å²) in [5, 5.41) is 15.5. The van der Waals surface area contributed by atoms with E-state index in [1.54, 1.807) is 30.0 Å². The molecule has 1 aromatic heterocycles. The fraction of sp³-hybridized carbons (Fsp3) is 0.464. The molecule has 1 atom stereocenters. The van der Waals surface area contributed by atoms with Gasteiger partial charge in [0.1, 0.15) is 0 Å². The molecule has 196 valence electrons. The Kier molecular flexibility index (Phi) is 10.0. The molecule has 0 saturated heterocycles. The first-order chi connectivity index (χ1) is 17.2. The molecule has 2 aromatic carbocycles. The van der Waals surface area contributed by atoms with Crippen LogP contribution in [0.1, 0.15) is 39.0 Å². The van der Waals surface area contributed by atoms with Crippen molar-refractivity contribution in [2.45, 2.75) is 52.4 Å². The molecule has 0 amide bonds. The van der Waals surface area contributed by atoms with E-state index in [0.29, 0.717) is 38.5 Å². The molecule has 7 nitrogen and oxygen atoms in total. The Labute approximate surface area is 213 Å². The number of hydrogen-bond acceptors (Lipinski definition) is 6. The summed E-state index contributed by atoms with van der Waals surface area (Å²) < 4.78 is 33.6. The number of aliphatic hydroxyl groups excluding tert-OH is 1. The molecule has 0 fully saturated rings. The summed E-state index contributed by atoms with van der Waals surface area (Å²) in [5.74, 6) is 0.125. The van der Waals surface area contributed by atoms with Crippen LogP contribution in [0.3, 0.4) is 0 Å². The lowest BCUT2D eigenvalue weighted by atomic mass is 10.1. The second kappa shape index (κ2) is 13.0. The molecule has 3 aromatic rings. The number of benzene rings is 2. The zero-order valence-electron chi connectivity index (χ0n) is 21.9. The third kappa shape index (κ3) is 7.86. The number of ether oxygens (including phenoxy) is 3. The van der Waals surface area contributed by atoms with Crippen molar-refractivity contribution in [2.24, 2.45) is 0 Å². The Morgan fingerprint density at radius 3 is 2.42 bits per heavy atom. The first-order valence-electron chi connectivity index (χ1n) is 12.3. The molecule has 0 aliphatic rings. The largest absolute Gasteiger partial charge is 0.435 e. The third-order valence-corrected chi connectivity index (χ3v) is 5.57. The number of aromatic nitrogens is 2. The van der Waals surface area contributed by atoms with E-state index in [1.165, 1.54) is 6.07 Å². The van der Waals surface area contributed by atoms with Crippen molar-refractivity contribution in [1.82, 2.24) is 14.7 Å². The quantitative estimate of drug-likeness (QED) is 0.357. The van der Waals surface area contributed by atoms with Crippen LogP contribution in [0, 0.1) is 5.82 Å². The molecule has 0 spiro atoms. The fourth-order valence-electron chi connectivity index (χ4n) is 3.78. The number of methoxy groups -OCH3 is 1. The van der Waals surface area contributed by atoms with E-state index in [1.807, 2.05) is 58.0 Å². The molecular formula is C28H38FN3O4. The molecule has 1 N–H and O–H groups in total. The van der Waals surface area contributed by atoms with Gasteiger partial charge in [0.05, 0.1) is 41.9 Å². The molecule has 36 heavy (non-hydrogen) atoms. The van der Waals surface area contributed by atoms with Crippen molar-refractivity contribution in [1.29, 1.82) is 0 Å². The van der Waals surface area contributed by atoms with Gasteiger partial charge in [-0.2, -0.15) is 5.10 Å². The van der Waals surface area contributed by atoms with E-state index in [9.17, 15) is 9.50 Å². The van der Waals surface area contributed by atoms with Crippen molar-refractivity contribution in [3.8, 4) is 17.3 Å². The van der Waals surface area contributed by atoms with Crippen LogP contribution in [0.5, 0.6) is 11.6 Å². The molecule has 8 heteroatoms. The van der Waals surface area contributed by atoms with Crippen molar-refractivity contribution in [2.75, 3.05) is 33.4 Å². The Morgan fingerprint density at radius 2 is 1.78 bits per heavy atom. The predicted octanol–water partition coefficient (Wildman–Crippen LogP) is 4.99. The number of nitrogens with zero attached hydrogens (tertiary/aromatic N) is 3. The van der Waals surface area contributed by atoms with Crippen LogP contribution >= 0.6 is 0 Å². The highest BCUT2D eigenvalue weighted by Gasteiger charge is 2.25. The van der Waals surface area contributed by atoms with Crippen LogP contribution in [0.15, 0.2) is 54.6 Å². The monoisotopic (exact) mass is 499 g/mol. The summed E-state index contributed by atoms with van der Waals surface area (Å²) in [6, 6.07) is 16.0. The molecule has 0 saturated carbocycles. The summed E-state index contributed by atoms with van der Waals surface area (Å²) in [6.45, 7) is 10.0. The van der Waals surface area contributed by atoms with E-state index < -0.39 is 11.9 Å². The summed E-state index contributed by atoms with van der Waals surface area (Å²) in [6.07, 6.45) is -0.0253. The summed E-state index contributed by atoms with van der Waals surface area (Å²) >= 11 is 0. The maximum absolute atomic E-state index is 14.6. The first-order valence-corrected chi connectivity index (χ1v) is 12.3. The normalized spacial score (nSPS) is 12.8. The van der Waals surface area contributed by atoms with Gasteiger partial charge in [-0.1, -0.05) is 37.3 Å². The number of para-hydroxylation sites is 2. The predicted molar refractivity (Wildman–Crippen MR) is 138 cm³/mol. The number of halogens is 1. The molecular weight excluding hydrogens is 461 g/mol. The number of aliphatic hydroxyl groups is 1. The van der Waals surface area contributed by atoms with E-state index in [0.717, 1.165) is 16.9 Å². The Bertz CT molecular complexity index is 1080. The fourth-order valence-corrected chi connectivity index (χ4v) is 3.78. The zero-order valence-corrected chi connectivity index (χ0v) is 21.9. The van der Waals surface area contributed by atoms with Gasteiger partial charge in [0.2, 0.25) is 5.88 Å². The topological polar surface area (TPSA) is 69.0 Å². The summed E-state index contributed by atoms with van der Waals surface area (Å²) in [7, 11) is 1.65. The van der Waals surface area contributed by atoms with Crippen LogP contribution in [0.25, 0.3) is 5.69 Å². The van der Waals surface area contributed by atoms with Gasteiger partial charge >= 0.3 is 0 Å². The maximum Gasteiger partial charge on any atom is 0.227 e. The molecule has 0 aliphatic carbocycles. The minimum Gasteiger partial charge on any atom is -0.435 e. The minimum atomic E-state index is -0.689. The Hall–Kier alpha value is -2.78. The highest BCUT2D eigenvalue weighted by molar-refractivity contribution is 5.44. The average molecular weight is 500 g/mol. The van der Waals surface area contributed by atoms with Gasteiger partial charge < -0.3 is 19.3 Å². The molecule has 0 radical (unpaired) electrons. The van der Waals surface area contributed by atoms with Gasteiger partial charge in [-0.15, -0.1) is 0 Å². The second-order valence-corrected chi connectivity index (χ2v) is 9.67. The SMILES string of the molecule is CCc1nn(-c2ccccc2)c(Oc2ccccc2F)c1CN(CCOC)C[C@@H](O)COC(C)(C)C. The standard InChI is InChI=1S/C28H38FN3O4/c1-6-25-23(19-31(16-17-34-5)18-22(33)20-35-28(2,3)4)27(36-26-15-11-10-14-24(26)29)32(30-25)21-12-8-7-9-13-21/h7-15,22,33H,6,16-20H2,1-5H3/t22-/m1/s1. The van der Waals surface area contributed by atoms with E-state index in [-0.39, 0.29) is 18.0 Å². The first kappa shape index (κ1) is 27.8. The van der Waals surface area contributed by atoms with Crippen LogP contribution in [-0.2, 0) is 22.4 Å². The lowest BCUT2D eigenvalue weighted by Crippen LogP contribution is -2.38. The Morgan fingerprint density at radius 1 is 1.08 bits per heavy atom. The van der Waals surface area contributed by atoms with E-state index >= 15 is 0 Å². The van der Waals surface area contributed by atoms with Crippen LogP contribution in [0.2, 0.25) is 0 Å². The van der Waals surface area contributed by atoms with Crippen LogP contribution < -0.4 is 4.74 Å². The summed E-state index contributed by atoms with van der Waals surface area (Å²) in [4.78, 5) is 2.08. The average Bonchev–Trinajstić information content (AvgIpc) is 3.19. The molecule has 1 heterocycles. The van der Waals surface area contributed by atoms with Gasteiger partial charge in [-0.3, -0.25) is 4.90 Å². The minimum absolute atomic E-state index is 0.125. The number of rotatable bonds is 13. The van der Waals surface area contributed by atoms with Crippen LogP contribution in [0.4, 0.5) is 4.39 Å². The maximum atomic E-state index is 14.6.